The lowest BCUT2D eigenvalue weighted by molar-refractivity contribution is 0.0777. The Bertz CT molecular complexity index is 455. The first kappa shape index (κ1) is 12.7. The average molecular weight is 254 g/mol. The van der Waals surface area contributed by atoms with E-state index in [9.17, 15) is 9.18 Å². The van der Waals surface area contributed by atoms with Gasteiger partial charge in [-0.15, -0.1) is 0 Å². The van der Waals surface area contributed by atoms with Gasteiger partial charge >= 0.3 is 0 Å². The molecule has 1 atom stereocenters. The third-order valence-electron chi connectivity index (χ3n) is 3.09. The summed E-state index contributed by atoms with van der Waals surface area (Å²) in [6.07, 6.45) is 2.06. The summed E-state index contributed by atoms with van der Waals surface area (Å²) >= 11 is 0. The fraction of sp³-hybridized carbons (Fsp3) is 0.455. The van der Waals surface area contributed by atoms with Crippen molar-refractivity contribution >= 4 is 11.7 Å². The van der Waals surface area contributed by atoms with E-state index in [0.29, 0.717) is 13.1 Å². The van der Waals surface area contributed by atoms with Crippen LogP contribution in [0.2, 0.25) is 0 Å². The van der Waals surface area contributed by atoms with Crippen molar-refractivity contribution in [1.82, 2.24) is 9.88 Å². The van der Waals surface area contributed by atoms with Crippen LogP contribution < -0.4 is 11.3 Å². The highest BCUT2D eigenvalue weighted by atomic mass is 19.1. The molecule has 1 fully saturated rings. The summed E-state index contributed by atoms with van der Waals surface area (Å²) in [5.74, 6) is 3.87. The summed E-state index contributed by atoms with van der Waals surface area (Å²) in [7, 11) is 0. The fourth-order valence-electron chi connectivity index (χ4n) is 2.05. The largest absolute Gasteiger partial charge is 0.396 e. The van der Waals surface area contributed by atoms with Crippen LogP contribution in [0.15, 0.2) is 12.3 Å². The van der Waals surface area contributed by atoms with Crippen LogP contribution in [0.3, 0.4) is 0 Å². The number of carbonyl (C=O) groups excluding carboxylic acids is 1. The number of aromatic nitrogens is 1. The molecule has 1 aromatic rings. The number of hydrogen-bond acceptors (Lipinski definition) is 5. The molecule has 0 bridgehead atoms. The van der Waals surface area contributed by atoms with Crippen LogP contribution >= 0.6 is 0 Å². The number of halogens is 1. The predicted octanol–water partition coefficient (Wildman–Crippen LogP) is -0.0393. The van der Waals surface area contributed by atoms with Crippen LogP contribution in [0.4, 0.5) is 10.2 Å². The topological polar surface area (TPSA) is 91.5 Å². The van der Waals surface area contributed by atoms with Gasteiger partial charge in [0, 0.05) is 31.8 Å². The van der Waals surface area contributed by atoms with Gasteiger partial charge in [0.05, 0.1) is 5.56 Å². The molecular formula is C11H15FN4O2. The molecule has 0 saturated carbocycles. The maximum Gasteiger partial charge on any atom is 0.257 e. The summed E-state index contributed by atoms with van der Waals surface area (Å²) in [4.78, 5) is 17.3. The highest BCUT2D eigenvalue weighted by Gasteiger charge is 2.28. The van der Waals surface area contributed by atoms with Gasteiger partial charge in [-0.25, -0.2) is 15.2 Å². The molecule has 1 aliphatic heterocycles. The highest BCUT2D eigenvalue weighted by Crippen LogP contribution is 2.21. The van der Waals surface area contributed by atoms with Crippen molar-refractivity contribution in [2.24, 2.45) is 11.8 Å². The molecule has 1 saturated heterocycles. The van der Waals surface area contributed by atoms with Gasteiger partial charge in [-0.2, -0.15) is 0 Å². The molecule has 6 nitrogen and oxygen atoms in total. The number of aliphatic hydroxyl groups excluding tert-OH is 1. The monoisotopic (exact) mass is 254 g/mol. The maximum absolute atomic E-state index is 13.9. The Balaban J connectivity index is 2.19. The Morgan fingerprint density at radius 1 is 1.72 bits per heavy atom. The standard InChI is InChI=1S/C11H15FN4O2/c12-9-8(1-3-14-10(9)15-13)11(18)16-4-2-7(5-16)6-17/h1,3,7,17H,2,4-6,13H2,(H,14,15). The van der Waals surface area contributed by atoms with Crippen molar-refractivity contribution in [3.8, 4) is 0 Å². The van der Waals surface area contributed by atoms with E-state index in [2.05, 4.69) is 10.4 Å². The van der Waals surface area contributed by atoms with Crippen molar-refractivity contribution in [2.75, 3.05) is 25.1 Å². The van der Waals surface area contributed by atoms with E-state index in [1.807, 2.05) is 0 Å². The average Bonchev–Trinajstić information content (AvgIpc) is 2.87. The van der Waals surface area contributed by atoms with Crippen LogP contribution in [0.1, 0.15) is 16.8 Å². The fourth-order valence-corrected chi connectivity index (χ4v) is 2.05. The first-order valence-corrected chi connectivity index (χ1v) is 5.68. The number of nitrogens with zero attached hydrogens (tertiary/aromatic N) is 2. The Morgan fingerprint density at radius 3 is 3.11 bits per heavy atom. The predicted molar refractivity (Wildman–Crippen MR) is 63.1 cm³/mol. The second kappa shape index (κ2) is 5.28. The quantitative estimate of drug-likeness (QED) is 0.520. The number of rotatable bonds is 3. The van der Waals surface area contributed by atoms with Gasteiger partial charge in [0.15, 0.2) is 11.6 Å². The van der Waals surface area contributed by atoms with Crippen LogP contribution in [0.25, 0.3) is 0 Å². The smallest absolute Gasteiger partial charge is 0.257 e. The summed E-state index contributed by atoms with van der Waals surface area (Å²) < 4.78 is 13.9. The Kier molecular flexibility index (Phi) is 3.73. The Labute approximate surface area is 104 Å². The van der Waals surface area contributed by atoms with E-state index in [-0.39, 0.29) is 23.9 Å². The van der Waals surface area contributed by atoms with Gasteiger partial charge in [-0.1, -0.05) is 0 Å². The second-order valence-electron chi connectivity index (χ2n) is 4.25. The molecule has 1 amide bonds. The molecule has 0 aliphatic carbocycles. The van der Waals surface area contributed by atoms with E-state index in [1.54, 1.807) is 0 Å². The van der Waals surface area contributed by atoms with Crippen LogP contribution in [-0.4, -0.2) is 40.6 Å². The molecule has 18 heavy (non-hydrogen) atoms. The number of nitrogens with one attached hydrogen (secondary N) is 1. The van der Waals surface area contributed by atoms with Crippen molar-refractivity contribution < 1.29 is 14.3 Å². The molecule has 2 rings (SSSR count). The number of nitrogens with two attached hydrogens (primary N) is 1. The number of pyridine rings is 1. The lowest BCUT2D eigenvalue weighted by atomic mass is 10.1. The van der Waals surface area contributed by atoms with E-state index >= 15 is 0 Å². The van der Waals surface area contributed by atoms with Gasteiger partial charge in [0.1, 0.15) is 0 Å². The number of amides is 1. The van der Waals surface area contributed by atoms with Crippen molar-refractivity contribution in [3.05, 3.63) is 23.6 Å². The SMILES string of the molecule is NNc1nccc(C(=O)N2CCC(CO)C2)c1F. The summed E-state index contributed by atoms with van der Waals surface area (Å²) in [6.45, 7) is 1.01. The van der Waals surface area contributed by atoms with Crippen LogP contribution in [0, 0.1) is 11.7 Å². The molecule has 0 spiro atoms. The van der Waals surface area contributed by atoms with Gasteiger partial charge in [0.2, 0.25) is 0 Å². The molecule has 7 heteroatoms. The molecule has 4 N–H and O–H groups in total. The Morgan fingerprint density at radius 2 is 2.50 bits per heavy atom. The van der Waals surface area contributed by atoms with Gasteiger partial charge in [-0.05, 0) is 12.5 Å². The van der Waals surface area contributed by atoms with E-state index in [1.165, 1.54) is 17.2 Å². The number of carbonyl (C=O) groups is 1. The number of anilines is 1. The molecule has 2 heterocycles. The number of nitrogen functional groups attached to an aromatic ring is 1. The maximum atomic E-state index is 13.9. The van der Waals surface area contributed by atoms with E-state index < -0.39 is 11.7 Å². The van der Waals surface area contributed by atoms with Crippen LogP contribution in [-0.2, 0) is 0 Å². The minimum absolute atomic E-state index is 0.0399. The number of likely N-dealkylation sites (tertiary alicyclic amines) is 1. The van der Waals surface area contributed by atoms with Crippen molar-refractivity contribution in [1.29, 1.82) is 0 Å². The first-order chi connectivity index (χ1) is 8.67. The highest BCUT2D eigenvalue weighted by molar-refractivity contribution is 5.95. The lowest BCUT2D eigenvalue weighted by Crippen LogP contribution is -2.30. The summed E-state index contributed by atoms with van der Waals surface area (Å²) in [5, 5.41) is 9.02. The van der Waals surface area contributed by atoms with E-state index in [4.69, 9.17) is 10.9 Å². The van der Waals surface area contributed by atoms with Crippen LogP contribution in [0.5, 0.6) is 0 Å². The molecule has 1 aliphatic rings. The zero-order valence-electron chi connectivity index (χ0n) is 9.77. The lowest BCUT2D eigenvalue weighted by Gasteiger charge is -2.17. The van der Waals surface area contributed by atoms with Crippen molar-refractivity contribution in [2.45, 2.75) is 6.42 Å². The third kappa shape index (κ3) is 2.27. The third-order valence-corrected chi connectivity index (χ3v) is 3.09. The number of hydrazine groups is 1. The molecule has 1 unspecified atom stereocenters. The minimum Gasteiger partial charge on any atom is -0.396 e. The first-order valence-electron chi connectivity index (χ1n) is 5.68. The second-order valence-corrected chi connectivity index (χ2v) is 4.25. The van der Waals surface area contributed by atoms with Gasteiger partial charge in [0.25, 0.3) is 5.91 Å². The molecular weight excluding hydrogens is 239 g/mol. The summed E-state index contributed by atoms with van der Waals surface area (Å²) in [5.41, 5.74) is 2.05. The van der Waals surface area contributed by atoms with Crippen molar-refractivity contribution in [3.63, 3.8) is 0 Å². The number of hydrogen-bond donors (Lipinski definition) is 3. The molecule has 0 radical (unpaired) electrons. The minimum atomic E-state index is -0.752. The zero-order chi connectivity index (χ0) is 13.1. The zero-order valence-corrected chi connectivity index (χ0v) is 9.77. The Hall–Kier alpha value is -1.73. The van der Waals surface area contributed by atoms with Gasteiger partial charge < -0.3 is 15.4 Å². The molecule has 1 aromatic heterocycles. The number of aliphatic hydroxyl groups is 1. The van der Waals surface area contributed by atoms with Gasteiger partial charge in [-0.3, -0.25) is 4.79 Å². The molecule has 0 aromatic carbocycles. The summed E-state index contributed by atoms with van der Waals surface area (Å²) in [6, 6.07) is 1.32. The van der Waals surface area contributed by atoms with E-state index in [0.717, 1.165) is 6.42 Å². The molecule has 98 valence electrons. The normalized spacial score (nSPS) is 19.1.